The third-order valence-electron chi connectivity index (χ3n) is 3.14. The average molecular weight is 275 g/mol. The number of fused-ring (bicyclic) bond motifs is 1. The van der Waals surface area contributed by atoms with Crippen LogP contribution in [-0.2, 0) is 4.79 Å². The molecule has 0 saturated carbocycles. The van der Waals surface area contributed by atoms with Crippen molar-refractivity contribution in [2.24, 2.45) is 5.92 Å². The Kier molecular flexibility index (Phi) is 4.34. The van der Waals surface area contributed by atoms with Crippen LogP contribution in [0, 0.1) is 5.92 Å². The molecule has 1 aromatic heterocycles. The molecule has 1 unspecified atom stereocenters. The van der Waals surface area contributed by atoms with Crippen LogP contribution in [0.5, 0.6) is 0 Å². The van der Waals surface area contributed by atoms with Gasteiger partial charge in [-0.25, -0.2) is 4.98 Å². The number of aromatic nitrogens is 2. The van der Waals surface area contributed by atoms with Crippen LogP contribution >= 0.6 is 0 Å². The molecular formula is C14H17N3O3. The molecule has 106 valence electrons. The molecule has 0 radical (unpaired) electrons. The van der Waals surface area contributed by atoms with E-state index in [9.17, 15) is 9.59 Å². The number of carbonyl (C=O) groups is 2. The second-order valence-electron chi connectivity index (χ2n) is 4.88. The van der Waals surface area contributed by atoms with Gasteiger partial charge >= 0.3 is 5.97 Å². The number of hydrogen-bond donors (Lipinski definition) is 3. The smallest absolute Gasteiger partial charge is 0.303 e. The number of hydrogen-bond acceptors (Lipinski definition) is 3. The molecule has 1 atom stereocenters. The number of H-pyrrole nitrogens is 1. The highest BCUT2D eigenvalue weighted by molar-refractivity contribution is 5.97. The Hall–Kier alpha value is -2.37. The van der Waals surface area contributed by atoms with Gasteiger partial charge in [-0.3, -0.25) is 9.59 Å². The molecule has 0 aliphatic carbocycles. The van der Waals surface area contributed by atoms with E-state index in [0.29, 0.717) is 18.5 Å². The van der Waals surface area contributed by atoms with Crippen molar-refractivity contribution in [3.8, 4) is 0 Å². The number of carbonyl (C=O) groups excluding carboxylic acids is 1. The number of imidazole rings is 1. The van der Waals surface area contributed by atoms with E-state index in [0.717, 1.165) is 11.0 Å². The first-order valence-corrected chi connectivity index (χ1v) is 6.49. The van der Waals surface area contributed by atoms with Gasteiger partial charge in [0.15, 0.2) is 0 Å². The first kappa shape index (κ1) is 14.0. The van der Waals surface area contributed by atoms with E-state index in [-0.39, 0.29) is 18.2 Å². The Morgan fingerprint density at radius 1 is 1.45 bits per heavy atom. The third kappa shape index (κ3) is 3.57. The molecule has 0 saturated heterocycles. The van der Waals surface area contributed by atoms with Gasteiger partial charge in [0.25, 0.3) is 5.91 Å². The van der Waals surface area contributed by atoms with Gasteiger partial charge in [0.1, 0.15) is 0 Å². The molecule has 6 nitrogen and oxygen atoms in total. The Labute approximate surface area is 116 Å². The van der Waals surface area contributed by atoms with E-state index >= 15 is 0 Å². The van der Waals surface area contributed by atoms with Crippen molar-refractivity contribution in [3.63, 3.8) is 0 Å². The van der Waals surface area contributed by atoms with Crippen LogP contribution in [0.1, 0.15) is 30.1 Å². The van der Waals surface area contributed by atoms with Crippen LogP contribution in [-0.4, -0.2) is 33.5 Å². The SMILES string of the molecule is CC(CCC(=O)O)CNC(=O)c1ccc2nc[nH]c2c1. The molecule has 3 N–H and O–H groups in total. The molecule has 2 aromatic rings. The summed E-state index contributed by atoms with van der Waals surface area (Å²) >= 11 is 0. The van der Waals surface area contributed by atoms with Crippen molar-refractivity contribution >= 4 is 22.9 Å². The number of nitrogens with one attached hydrogen (secondary N) is 2. The van der Waals surface area contributed by atoms with Crippen LogP contribution in [0.15, 0.2) is 24.5 Å². The lowest BCUT2D eigenvalue weighted by Crippen LogP contribution is -2.28. The maximum Gasteiger partial charge on any atom is 0.303 e. The molecule has 2 rings (SSSR count). The number of carboxylic acids is 1. The first-order chi connectivity index (χ1) is 9.56. The van der Waals surface area contributed by atoms with E-state index in [2.05, 4.69) is 15.3 Å². The van der Waals surface area contributed by atoms with E-state index < -0.39 is 5.97 Å². The number of amides is 1. The van der Waals surface area contributed by atoms with Gasteiger partial charge in [-0.05, 0) is 30.5 Å². The zero-order valence-electron chi connectivity index (χ0n) is 11.2. The quantitative estimate of drug-likeness (QED) is 0.749. The fraction of sp³-hybridized carbons (Fsp3) is 0.357. The molecule has 1 heterocycles. The zero-order chi connectivity index (χ0) is 14.5. The summed E-state index contributed by atoms with van der Waals surface area (Å²) in [4.78, 5) is 29.5. The molecule has 0 spiro atoms. The summed E-state index contributed by atoms with van der Waals surface area (Å²) in [6.45, 7) is 2.38. The average Bonchev–Trinajstić information content (AvgIpc) is 2.89. The van der Waals surface area contributed by atoms with Crippen molar-refractivity contribution < 1.29 is 14.7 Å². The van der Waals surface area contributed by atoms with Gasteiger partial charge in [0.2, 0.25) is 0 Å². The number of aliphatic carboxylic acids is 1. The van der Waals surface area contributed by atoms with Crippen molar-refractivity contribution in [2.75, 3.05) is 6.54 Å². The summed E-state index contributed by atoms with van der Waals surface area (Å²) in [5.74, 6) is -0.845. The fourth-order valence-electron chi connectivity index (χ4n) is 1.92. The second-order valence-corrected chi connectivity index (χ2v) is 4.88. The largest absolute Gasteiger partial charge is 0.481 e. The molecule has 1 amide bonds. The summed E-state index contributed by atoms with van der Waals surface area (Å²) in [5.41, 5.74) is 2.19. The lowest BCUT2D eigenvalue weighted by Gasteiger charge is -2.11. The summed E-state index contributed by atoms with van der Waals surface area (Å²) in [6.07, 6.45) is 2.26. The molecule has 1 aromatic carbocycles. The zero-order valence-corrected chi connectivity index (χ0v) is 11.2. The molecular weight excluding hydrogens is 258 g/mol. The van der Waals surface area contributed by atoms with Gasteiger partial charge < -0.3 is 15.4 Å². The summed E-state index contributed by atoms with van der Waals surface area (Å²) in [7, 11) is 0. The minimum Gasteiger partial charge on any atom is -0.481 e. The van der Waals surface area contributed by atoms with Crippen LogP contribution in [0.4, 0.5) is 0 Å². The number of benzene rings is 1. The Morgan fingerprint density at radius 2 is 2.25 bits per heavy atom. The summed E-state index contributed by atoms with van der Waals surface area (Å²) in [5, 5.41) is 11.4. The molecule has 0 aliphatic rings. The molecule has 20 heavy (non-hydrogen) atoms. The third-order valence-corrected chi connectivity index (χ3v) is 3.14. The van der Waals surface area contributed by atoms with Crippen LogP contribution in [0.3, 0.4) is 0 Å². The van der Waals surface area contributed by atoms with Crippen molar-refractivity contribution in [1.29, 1.82) is 0 Å². The lowest BCUT2D eigenvalue weighted by molar-refractivity contribution is -0.137. The highest BCUT2D eigenvalue weighted by Crippen LogP contribution is 2.12. The first-order valence-electron chi connectivity index (χ1n) is 6.49. The van der Waals surface area contributed by atoms with Crippen molar-refractivity contribution in [1.82, 2.24) is 15.3 Å². The van der Waals surface area contributed by atoms with E-state index in [1.165, 1.54) is 0 Å². The van der Waals surface area contributed by atoms with Gasteiger partial charge in [-0.15, -0.1) is 0 Å². The normalized spacial score (nSPS) is 12.2. The Morgan fingerprint density at radius 3 is 3.00 bits per heavy atom. The van der Waals surface area contributed by atoms with Crippen molar-refractivity contribution in [2.45, 2.75) is 19.8 Å². The topological polar surface area (TPSA) is 95.1 Å². The highest BCUT2D eigenvalue weighted by Gasteiger charge is 2.10. The Balaban J connectivity index is 1.89. The Bertz CT molecular complexity index is 621. The van der Waals surface area contributed by atoms with Crippen LogP contribution < -0.4 is 5.32 Å². The molecule has 0 fully saturated rings. The minimum absolute atomic E-state index is 0.122. The minimum atomic E-state index is -0.812. The maximum atomic E-state index is 12.0. The number of carboxylic acid groups (broad SMARTS) is 1. The van der Waals surface area contributed by atoms with Gasteiger partial charge in [-0.1, -0.05) is 6.92 Å². The van der Waals surface area contributed by atoms with Gasteiger partial charge in [0.05, 0.1) is 17.4 Å². The lowest BCUT2D eigenvalue weighted by atomic mass is 10.1. The molecule has 0 aliphatic heterocycles. The second kappa shape index (κ2) is 6.18. The standard InChI is InChI=1S/C14H17N3O3/c1-9(2-5-13(18)19)7-15-14(20)10-3-4-11-12(6-10)17-8-16-11/h3-4,6,8-9H,2,5,7H2,1H3,(H,15,20)(H,16,17)(H,18,19). The van der Waals surface area contributed by atoms with Gasteiger partial charge in [0, 0.05) is 18.5 Å². The molecule has 0 bridgehead atoms. The predicted octanol–water partition coefficient (Wildman–Crippen LogP) is 1.79. The summed E-state index contributed by atoms with van der Waals surface area (Å²) in [6, 6.07) is 5.26. The monoisotopic (exact) mass is 275 g/mol. The fourth-order valence-corrected chi connectivity index (χ4v) is 1.92. The van der Waals surface area contributed by atoms with Crippen molar-refractivity contribution in [3.05, 3.63) is 30.1 Å². The van der Waals surface area contributed by atoms with E-state index in [4.69, 9.17) is 5.11 Å². The molecule has 6 heteroatoms. The number of aromatic amines is 1. The number of rotatable bonds is 6. The number of nitrogens with zero attached hydrogens (tertiary/aromatic N) is 1. The summed E-state index contributed by atoms with van der Waals surface area (Å²) < 4.78 is 0. The van der Waals surface area contributed by atoms with Crippen LogP contribution in [0.2, 0.25) is 0 Å². The van der Waals surface area contributed by atoms with Gasteiger partial charge in [-0.2, -0.15) is 0 Å². The van der Waals surface area contributed by atoms with E-state index in [1.807, 2.05) is 6.92 Å². The van der Waals surface area contributed by atoms with E-state index in [1.54, 1.807) is 24.5 Å². The predicted molar refractivity (Wildman–Crippen MR) is 74.5 cm³/mol. The maximum absolute atomic E-state index is 12.0. The highest BCUT2D eigenvalue weighted by atomic mass is 16.4. The van der Waals surface area contributed by atoms with Crippen LogP contribution in [0.25, 0.3) is 11.0 Å².